The van der Waals surface area contributed by atoms with Crippen LogP contribution in [0, 0.1) is 0 Å². The highest BCUT2D eigenvalue weighted by Gasteiger charge is 1.99. The van der Waals surface area contributed by atoms with Gasteiger partial charge in [-0.2, -0.15) is 4.99 Å². The van der Waals surface area contributed by atoms with Crippen molar-refractivity contribution in [3.63, 3.8) is 0 Å². The maximum atomic E-state index is 9.80. The second-order valence-electron chi connectivity index (χ2n) is 1.19. The van der Waals surface area contributed by atoms with Crippen molar-refractivity contribution >= 4 is 18.1 Å². The minimum absolute atomic E-state index is 0.0162. The van der Waals surface area contributed by atoms with Crippen LogP contribution < -0.4 is 0 Å². The summed E-state index contributed by atoms with van der Waals surface area (Å²) in [4.78, 5) is 12.8. The highest BCUT2D eigenvalue weighted by molar-refractivity contribution is 6.32. The Morgan fingerprint density at radius 1 is 1.78 bits per heavy atom. The highest BCUT2D eigenvalue weighted by Crippen LogP contribution is 1.90. The molecule has 6 heteroatoms. The SMILES string of the molecule is O=C(O)N=C1C=NN=N1. The Morgan fingerprint density at radius 2 is 2.56 bits per heavy atom. The summed E-state index contributed by atoms with van der Waals surface area (Å²) in [7, 11) is 0. The van der Waals surface area contributed by atoms with Crippen molar-refractivity contribution in [2.75, 3.05) is 0 Å². The molecule has 0 saturated carbocycles. The van der Waals surface area contributed by atoms with Crippen LogP contribution in [-0.2, 0) is 0 Å². The quantitative estimate of drug-likeness (QED) is 0.512. The molecule has 1 amide bonds. The first kappa shape index (κ1) is 5.54. The van der Waals surface area contributed by atoms with Crippen LogP contribution in [0.2, 0.25) is 0 Å². The summed E-state index contributed by atoms with van der Waals surface area (Å²) in [5.74, 6) is 0.0162. The van der Waals surface area contributed by atoms with E-state index in [1.807, 2.05) is 0 Å². The van der Waals surface area contributed by atoms with E-state index < -0.39 is 6.09 Å². The second-order valence-corrected chi connectivity index (χ2v) is 1.19. The minimum Gasteiger partial charge on any atom is -0.463 e. The topological polar surface area (TPSA) is 86.7 Å². The number of hydrogen-bond acceptors (Lipinski definition) is 3. The third-order valence-corrected chi connectivity index (χ3v) is 0.582. The third kappa shape index (κ3) is 1.41. The molecule has 0 aliphatic carbocycles. The standard InChI is InChI=1S/C3H2N4O2/c8-3(9)5-2-1-4-7-6-2/h1H,(H,8,9). The van der Waals surface area contributed by atoms with Gasteiger partial charge >= 0.3 is 6.09 Å². The number of nitrogens with zero attached hydrogens (tertiary/aromatic N) is 4. The molecule has 46 valence electrons. The molecule has 0 bridgehead atoms. The molecule has 0 aromatic heterocycles. The van der Waals surface area contributed by atoms with Crippen molar-refractivity contribution in [3.05, 3.63) is 0 Å². The molecule has 1 rings (SSSR count). The van der Waals surface area contributed by atoms with E-state index in [1.54, 1.807) is 0 Å². The molecule has 1 aliphatic heterocycles. The lowest BCUT2D eigenvalue weighted by Crippen LogP contribution is -1.95. The third-order valence-electron chi connectivity index (χ3n) is 0.582. The van der Waals surface area contributed by atoms with E-state index in [4.69, 9.17) is 5.11 Å². The van der Waals surface area contributed by atoms with Crippen molar-refractivity contribution in [2.45, 2.75) is 0 Å². The average molecular weight is 126 g/mol. The van der Waals surface area contributed by atoms with E-state index in [9.17, 15) is 4.79 Å². The van der Waals surface area contributed by atoms with E-state index in [0.29, 0.717) is 0 Å². The average Bonchev–Trinajstić information content (AvgIpc) is 2.15. The number of carbonyl (C=O) groups is 1. The molecule has 0 aromatic carbocycles. The van der Waals surface area contributed by atoms with E-state index in [-0.39, 0.29) is 5.84 Å². The number of amidine groups is 1. The van der Waals surface area contributed by atoms with Gasteiger partial charge in [0.1, 0.15) is 0 Å². The molecule has 1 N–H and O–H groups in total. The molecule has 0 saturated heterocycles. The maximum Gasteiger partial charge on any atom is 0.433 e. The number of aliphatic imine (C=N–C) groups is 1. The Balaban J connectivity index is 2.73. The van der Waals surface area contributed by atoms with Crippen molar-refractivity contribution in [1.82, 2.24) is 0 Å². The highest BCUT2D eigenvalue weighted by atomic mass is 16.4. The van der Waals surface area contributed by atoms with Crippen LogP contribution in [-0.4, -0.2) is 23.2 Å². The summed E-state index contributed by atoms with van der Waals surface area (Å²) in [6.07, 6.45) is -0.133. The molecule has 1 heterocycles. The molecule has 0 aromatic rings. The Hall–Kier alpha value is -1.59. The molecule has 0 unspecified atom stereocenters. The second kappa shape index (κ2) is 2.12. The number of rotatable bonds is 0. The first-order valence-electron chi connectivity index (χ1n) is 2.05. The van der Waals surface area contributed by atoms with Gasteiger partial charge in [-0.15, -0.1) is 10.2 Å². The number of hydrogen-bond donors (Lipinski definition) is 1. The Labute approximate surface area is 49.6 Å². The lowest BCUT2D eigenvalue weighted by molar-refractivity contribution is 0.206. The fraction of sp³-hybridized carbons (Fsp3) is 0. The predicted octanol–water partition coefficient (Wildman–Crippen LogP) is 0.515. The zero-order chi connectivity index (χ0) is 6.69. The number of carboxylic acid groups (broad SMARTS) is 1. The largest absolute Gasteiger partial charge is 0.463 e. The number of amides is 1. The summed E-state index contributed by atoms with van der Waals surface area (Å²) >= 11 is 0. The van der Waals surface area contributed by atoms with Crippen molar-refractivity contribution < 1.29 is 9.90 Å². The van der Waals surface area contributed by atoms with Gasteiger partial charge in [0, 0.05) is 0 Å². The molecule has 6 nitrogen and oxygen atoms in total. The predicted molar refractivity (Wildman–Crippen MR) is 28.8 cm³/mol. The monoisotopic (exact) mass is 126 g/mol. The van der Waals surface area contributed by atoms with Gasteiger partial charge in [-0.3, -0.25) is 0 Å². The van der Waals surface area contributed by atoms with Gasteiger partial charge in [0.2, 0.25) is 5.84 Å². The van der Waals surface area contributed by atoms with Crippen LogP contribution in [0.25, 0.3) is 0 Å². The lowest BCUT2D eigenvalue weighted by Gasteiger charge is -1.77. The molecular weight excluding hydrogens is 124 g/mol. The van der Waals surface area contributed by atoms with Gasteiger partial charge in [-0.25, -0.2) is 4.79 Å². The molecule has 0 spiro atoms. The van der Waals surface area contributed by atoms with Gasteiger partial charge in [0.05, 0.1) is 6.21 Å². The zero-order valence-electron chi connectivity index (χ0n) is 4.22. The first-order chi connectivity index (χ1) is 4.29. The molecular formula is C3H2N4O2. The lowest BCUT2D eigenvalue weighted by atomic mass is 10.7. The molecule has 0 radical (unpaired) electrons. The Bertz CT molecular complexity index is 202. The van der Waals surface area contributed by atoms with Crippen molar-refractivity contribution in [1.29, 1.82) is 0 Å². The van der Waals surface area contributed by atoms with Crippen LogP contribution in [0.1, 0.15) is 0 Å². The van der Waals surface area contributed by atoms with E-state index in [2.05, 4.69) is 20.4 Å². The summed E-state index contributed by atoms with van der Waals surface area (Å²) in [6.45, 7) is 0. The Kier molecular flexibility index (Phi) is 1.31. The summed E-state index contributed by atoms with van der Waals surface area (Å²) < 4.78 is 0. The van der Waals surface area contributed by atoms with Gasteiger partial charge in [0.15, 0.2) is 0 Å². The molecule has 9 heavy (non-hydrogen) atoms. The smallest absolute Gasteiger partial charge is 0.433 e. The van der Waals surface area contributed by atoms with Crippen LogP contribution in [0.15, 0.2) is 20.4 Å². The van der Waals surface area contributed by atoms with Crippen LogP contribution in [0.5, 0.6) is 0 Å². The fourth-order valence-corrected chi connectivity index (χ4v) is 0.324. The van der Waals surface area contributed by atoms with Crippen LogP contribution >= 0.6 is 0 Å². The summed E-state index contributed by atoms with van der Waals surface area (Å²) in [5, 5.41) is 17.6. The summed E-state index contributed by atoms with van der Waals surface area (Å²) in [5.41, 5.74) is 0. The van der Waals surface area contributed by atoms with Crippen LogP contribution in [0.4, 0.5) is 4.79 Å². The molecule has 0 atom stereocenters. The molecule has 0 fully saturated rings. The first-order valence-corrected chi connectivity index (χ1v) is 2.05. The van der Waals surface area contributed by atoms with E-state index >= 15 is 0 Å². The maximum absolute atomic E-state index is 9.80. The fourth-order valence-electron chi connectivity index (χ4n) is 0.324. The Morgan fingerprint density at radius 3 is 3.00 bits per heavy atom. The van der Waals surface area contributed by atoms with E-state index in [0.717, 1.165) is 6.21 Å². The van der Waals surface area contributed by atoms with Gasteiger partial charge in [-0.1, -0.05) is 0 Å². The minimum atomic E-state index is -1.29. The van der Waals surface area contributed by atoms with Gasteiger partial charge < -0.3 is 5.11 Å². The van der Waals surface area contributed by atoms with Crippen molar-refractivity contribution in [3.8, 4) is 0 Å². The molecule has 1 aliphatic rings. The van der Waals surface area contributed by atoms with Gasteiger partial charge in [0.25, 0.3) is 0 Å². The van der Waals surface area contributed by atoms with Crippen molar-refractivity contribution in [2.24, 2.45) is 20.4 Å². The summed E-state index contributed by atoms with van der Waals surface area (Å²) in [6, 6.07) is 0. The van der Waals surface area contributed by atoms with Crippen LogP contribution in [0.3, 0.4) is 0 Å². The zero-order valence-corrected chi connectivity index (χ0v) is 4.22. The van der Waals surface area contributed by atoms with Gasteiger partial charge in [-0.05, 0) is 5.22 Å². The normalized spacial score (nSPS) is 19.3. The van der Waals surface area contributed by atoms with E-state index in [1.165, 1.54) is 0 Å².